The maximum atomic E-state index is 14.3. The number of rotatable bonds is 14. The fourth-order valence-corrected chi connectivity index (χ4v) is 9.04. The van der Waals surface area contributed by atoms with Crippen LogP contribution in [0.1, 0.15) is 80.3 Å². The van der Waals surface area contributed by atoms with E-state index in [1.54, 1.807) is 81.5 Å². The van der Waals surface area contributed by atoms with Gasteiger partial charge in [-0.2, -0.15) is 4.31 Å². The van der Waals surface area contributed by atoms with Crippen molar-refractivity contribution in [3.63, 3.8) is 0 Å². The Morgan fingerprint density at radius 2 is 1.35 bits per heavy atom. The number of anilines is 2. The maximum Gasteiger partial charge on any atom is 0.238 e. The van der Waals surface area contributed by atoms with Crippen LogP contribution in [-0.4, -0.2) is 92.4 Å². The van der Waals surface area contributed by atoms with Crippen LogP contribution in [-0.2, 0) is 20.0 Å². The van der Waals surface area contributed by atoms with Gasteiger partial charge in [0.25, 0.3) is 0 Å². The Balaban J connectivity index is 1.84. The molecule has 54 heavy (non-hydrogen) atoms. The normalized spacial score (nSPS) is 18.1. The number of aliphatic hydroxyl groups excluding tert-OH is 2. The minimum atomic E-state index is -3.92. The number of ketones is 2. The number of fused-ring (bicyclic) bond motifs is 2. The number of aliphatic hydroxyl groups is 2. The van der Waals surface area contributed by atoms with E-state index in [9.17, 15) is 36.6 Å². The molecule has 290 valence electrons. The van der Waals surface area contributed by atoms with Crippen LogP contribution in [0.5, 0.6) is 0 Å². The average Bonchev–Trinajstić information content (AvgIpc) is 3.23. The fourth-order valence-electron chi connectivity index (χ4n) is 6.43. The van der Waals surface area contributed by atoms with Gasteiger partial charge in [-0.3, -0.25) is 9.59 Å². The molecule has 0 saturated carbocycles. The van der Waals surface area contributed by atoms with Gasteiger partial charge in [-0.15, -0.1) is 0 Å². The zero-order valence-electron chi connectivity index (χ0n) is 32.2. The third kappa shape index (κ3) is 8.14. The quantitative estimate of drug-likeness (QED) is 0.154. The largest absolute Gasteiger partial charge is 0.395 e. The Kier molecular flexibility index (Phi) is 12.9. The molecule has 1 atom stereocenters. The molecule has 0 aromatic heterocycles. The number of nitrogens with one attached hydrogen (secondary N) is 2. The van der Waals surface area contributed by atoms with Crippen LogP contribution in [0.25, 0.3) is 0 Å². The van der Waals surface area contributed by atoms with Gasteiger partial charge in [0.05, 0.1) is 40.6 Å². The molecular formula is C40H50N4O8S2. The first-order valence-corrected chi connectivity index (χ1v) is 20.3. The predicted octanol–water partition coefficient (Wildman–Crippen LogP) is 5.49. The van der Waals surface area contributed by atoms with Gasteiger partial charge in [0.1, 0.15) is 4.75 Å². The Morgan fingerprint density at radius 1 is 0.815 bits per heavy atom. The van der Waals surface area contributed by atoms with E-state index < -0.39 is 24.8 Å². The smallest absolute Gasteiger partial charge is 0.238 e. The first kappa shape index (κ1) is 42.3. The summed E-state index contributed by atoms with van der Waals surface area (Å²) in [6.07, 6.45) is 8.04. The molecule has 2 aromatic carbocycles. The molecule has 4 N–H and O–H groups in total. The number of carbonyl (C=O) groups is 2. The fraction of sp³-hybridized carbons (Fsp3) is 0.350. The monoisotopic (exact) mass is 778 g/mol. The molecule has 0 amide bonds. The van der Waals surface area contributed by atoms with Crippen molar-refractivity contribution in [1.82, 2.24) is 8.61 Å². The van der Waals surface area contributed by atoms with Gasteiger partial charge in [0.15, 0.2) is 11.6 Å². The lowest BCUT2D eigenvalue weighted by molar-refractivity contribution is 0.0980. The zero-order valence-corrected chi connectivity index (χ0v) is 33.9. The highest BCUT2D eigenvalue weighted by Gasteiger charge is 2.40. The standard InChI is InChI=1S/C40H50N4O8S2/c1-25(2)36(26(3)14-15-29(6)53(49,50)43(8)20-22-45)41-32-16-17-33(35-34(32)38(47)30-12-10-11-13-31(30)39(35)48)42-37-27(4)18-19-40(7,24-28(37)5)54(51,52)44(9)21-23-46/h10-19,24,41-42,45-46H,20-23H2,1-9H3/b26-14-,29-15+. The second-order valence-corrected chi connectivity index (χ2v) is 18.5. The molecule has 0 heterocycles. The van der Waals surface area contributed by atoms with Gasteiger partial charge in [0.2, 0.25) is 20.0 Å². The minimum absolute atomic E-state index is 0.0451. The number of sulfonamides is 2. The summed E-state index contributed by atoms with van der Waals surface area (Å²) in [7, 11) is -4.90. The van der Waals surface area contributed by atoms with Crippen LogP contribution in [0.3, 0.4) is 0 Å². The molecule has 0 aliphatic heterocycles. The van der Waals surface area contributed by atoms with Crippen LogP contribution in [0.15, 0.2) is 105 Å². The topological polar surface area (TPSA) is 173 Å². The Bertz CT molecular complexity index is 2280. The van der Waals surface area contributed by atoms with Crippen LogP contribution in [0.4, 0.5) is 11.4 Å². The number of allylic oxidation sites excluding steroid dienone is 8. The molecular weight excluding hydrogens is 729 g/mol. The summed E-state index contributed by atoms with van der Waals surface area (Å²) in [5.74, 6) is -0.727. The van der Waals surface area contributed by atoms with E-state index in [0.717, 1.165) is 14.2 Å². The molecule has 0 radical (unpaired) electrons. The van der Waals surface area contributed by atoms with Crippen molar-refractivity contribution in [2.24, 2.45) is 0 Å². The van der Waals surface area contributed by atoms with Crippen LogP contribution < -0.4 is 10.6 Å². The molecule has 2 aromatic rings. The number of nitrogens with zero attached hydrogens (tertiary/aromatic N) is 2. The van der Waals surface area contributed by atoms with Gasteiger partial charge in [-0.25, -0.2) is 21.1 Å². The summed E-state index contributed by atoms with van der Waals surface area (Å²) in [6, 6.07) is 10.0. The summed E-state index contributed by atoms with van der Waals surface area (Å²) in [5.41, 5.74) is 5.47. The SMILES string of the molecule is CC1=CC(C)(S(=O)(=O)N(C)CCO)C=CC(C)=C1Nc1ccc(NC(=C(C)C)/C(C)=C\C=C(/C)S(=O)(=O)N(C)CCO)c2c1C(=O)c1ccccc1C2=O. The van der Waals surface area contributed by atoms with Crippen LogP contribution >= 0.6 is 0 Å². The average molecular weight is 779 g/mol. The third-order valence-corrected chi connectivity index (χ3v) is 13.9. The summed E-state index contributed by atoms with van der Waals surface area (Å²) < 4.78 is 53.7. The molecule has 1 unspecified atom stereocenters. The predicted molar refractivity (Wildman–Crippen MR) is 214 cm³/mol. The van der Waals surface area contributed by atoms with Crippen LogP contribution in [0, 0.1) is 0 Å². The van der Waals surface area contributed by atoms with E-state index in [-0.39, 0.29) is 65.0 Å². The molecule has 0 spiro atoms. The van der Waals surface area contributed by atoms with Gasteiger partial charge in [0, 0.05) is 49.7 Å². The summed E-state index contributed by atoms with van der Waals surface area (Å²) >= 11 is 0. The van der Waals surface area contributed by atoms with Gasteiger partial charge in [-0.1, -0.05) is 54.1 Å². The molecule has 14 heteroatoms. The lowest BCUT2D eigenvalue weighted by Crippen LogP contribution is -2.43. The van der Waals surface area contributed by atoms with E-state index in [4.69, 9.17) is 0 Å². The molecule has 2 aliphatic carbocycles. The lowest BCUT2D eigenvalue weighted by atomic mass is 9.82. The van der Waals surface area contributed by atoms with Crippen molar-refractivity contribution in [2.45, 2.75) is 53.2 Å². The third-order valence-electron chi connectivity index (χ3n) is 9.63. The van der Waals surface area contributed by atoms with Gasteiger partial charge >= 0.3 is 0 Å². The number of likely N-dealkylation sites (N-methyl/N-ethyl adjacent to an activating group) is 2. The second-order valence-electron chi connectivity index (χ2n) is 13.9. The van der Waals surface area contributed by atoms with E-state index >= 15 is 0 Å². The van der Waals surface area contributed by atoms with Gasteiger partial charge < -0.3 is 20.8 Å². The summed E-state index contributed by atoms with van der Waals surface area (Å²) in [4.78, 5) is 28.7. The minimum Gasteiger partial charge on any atom is -0.395 e. The number of hydrogen-bond acceptors (Lipinski definition) is 10. The van der Waals surface area contributed by atoms with Crippen molar-refractivity contribution in [1.29, 1.82) is 0 Å². The first-order valence-electron chi connectivity index (χ1n) is 17.4. The Morgan fingerprint density at radius 3 is 1.91 bits per heavy atom. The Hall–Kier alpha value is -4.44. The highest BCUT2D eigenvalue weighted by Crippen LogP contribution is 2.40. The summed E-state index contributed by atoms with van der Waals surface area (Å²) in [5, 5.41) is 25.4. The second kappa shape index (κ2) is 16.5. The van der Waals surface area contributed by atoms with Crippen molar-refractivity contribution in [3.8, 4) is 0 Å². The molecule has 0 bridgehead atoms. The van der Waals surface area contributed by atoms with Crippen molar-refractivity contribution >= 4 is 43.0 Å². The highest BCUT2D eigenvalue weighted by atomic mass is 32.2. The molecule has 2 aliphatic rings. The molecule has 0 saturated heterocycles. The van der Waals surface area contributed by atoms with Gasteiger partial charge in [-0.05, 0) is 83.4 Å². The maximum absolute atomic E-state index is 14.3. The van der Waals surface area contributed by atoms with Crippen molar-refractivity contribution in [3.05, 3.63) is 128 Å². The van der Waals surface area contributed by atoms with Crippen molar-refractivity contribution < 1.29 is 36.6 Å². The lowest BCUT2D eigenvalue weighted by Gasteiger charge is -2.29. The number of benzene rings is 2. The molecule has 0 fully saturated rings. The van der Waals surface area contributed by atoms with E-state index in [0.29, 0.717) is 39.5 Å². The van der Waals surface area contributed by atoms with E-state index in [2.05, 4.69) is 10.6 Å². The zero-order chi connectivity index (χ0) is 40.3. The van der Waals surface area contributed by atoms with Crippen molar-refractivity contribution in [2.75, 3.05) is 51.0 Å². The van der Waals surface area contributed by atoms with E-state index in [1.165, 1.54) is 27.1 Å². The Labute approximate surface area is 319 Å². The molecule has 12 nitrogen and oxygen atoms in total. The number of carbonyl (C=O) groups excluding carboxylic acids is 2. The highest BCUT2D eigenvalue weighted by molar-refractivity contribution is 7.93. The van der Waals surface area contributed by atoms with E-state index in [1.807, 2.05) is 20.8 Å². The first-order chi connectivity index (χ1) is 25.2. The number of hydrogen-bond donors (Lipinski definition) is 4. The summed E-state index contributed by atoms with van der Waals surface area (Å²) in [6.45, 7) is 11.4. The van der Waals surface area contributed by atoms with Crippen LogP contribution in [0.2, 0.25) is 0 Å². The molecule has 4 rings (SSSR count).